The lowest BCUT2D eigenvalue weighted by molar-refractivity contribution is 0.244. The van der Waals surface area contributed by atoms with Gasteiger partial charge >= 0.3 is 0 Å². The second-order valence-corrected chi connectivity index (χ2v) is 7.52. The molecule has 5 rings (SSSR count). The Hall–Kier alpha value is -2.40. The van der Waals surface area contributed by atoms with Gasteiger partial charge in [0.2, 0.25) is 0 Å². The number of nitrogens with zero attached hydrogens (tertiary/aromatic N) is 3. The Bertz CT molecular complexity index is 1030. The van der Waals surface area contributed by atoms with E-state index in [0.29, 0.717) is 0 Å². The topological polar surface area (TPSA) is 53.9 Å². The third-order valence-electron chi connectivity index (χ3n) is 5.95. The quantitative estimate of drug-likeness (QED) is 0.792. The van der Waals surface area contributed by atoms with Gasteiger partial charge in [0.1, 0.15) is 0 Å². The van der Waals surface area contributed by atoms with Crippen LogP contribution in [0, 0.1) is 0 Å². The number of hydrogen-bond donors (Lipinski definition) is 1. The molecule has 0 radical (unpaired) electrons. The lowest BCUT2D eigenvalue weighted by atomic mass is 9.97. The fourth-order valence-corrected chi connectivity index (χ4v) is 4.64. The van der Waals surface area contributed by atoms with Crippen molar-refractivity contribution in [3.63, 3.8) is 0 Å². The summed E-state index contributed by atoms with van der Waals surface area (Å²) in [5.74, 6) is 0. The van der Waals surface area contributed by atoms with Gasteiger partial charge in [0.25, 0.3) is 5.56 Å². The van der Waals surface area contributed by atoms with Crippen LogP contribution in [0.3, 0.4) is 0 Å². The maximum atomic E-state index is 12.7. The molecule has 4 heterocycles. The molecule has 0 aliphatic carbocycles. The van der Waals surface area contributed by atoms with Crippen molar-refractivity contribution in [2.75, 3.05) is 6.54 Å². The molecule has 2 aromatic heterocycles. The largest absolute Gasteiger partial charge is 0.308 e. The minimum atomic E-state index is 0.148. The summed E-state index contributed by atoms with van der Waals surface area (Å²) in [4.78, 5) is 15.2. The zero-order chi connectivity index (χ0) is 17.7. The summed E-state index contributed by atoms with van der Waals surface area (Å²) in [6, 6.07) is 8.36. The van der Waals surface area contributed by atoms with Crippen molar-refractivity contribution < 1.29 is 0 Å². The highest BCUT2D eigenvalue weighted by Crippen LogP contribution is 2.28. The first-order valence-electron chi connectivity index (χ1n) is 9.66. The highest BCUT2D eigenvalue weighted by molar-refractivity contribution is 5.86. The van der Waals surface area contributed by atoms with Gasteiger partial charge in [-0.25, -0.2) is 0 Å². The Balaban J connectivity index is 1.53. The summed E-state index contributed by atoms with van der Waals surface area (Å²) in [5, 5.41) is 8.90. The molecule has 5 nitrogen and oxygen atoms in total. The normalized spacial score (nSPS) is 16.8. The maximum Gasteiger partial charge on any atom is 0.251 e. The number of aromatic amines is 1. The molecule has 0 amide bonds. The molecule has 2 aliphatic rings. The van der Waals surface area contributed by atoms with Gasteiger partial charge in [0, 0.05) is 55.3 Å². The number of nitrogens with one attached hydrogen (secondary N) is 1. The first-order chi connectivity index (χ1) is 12.7. The van der Waals surface area contributed by atoms with Gasteiger partial charge in [0.15, 0.2) is 0 Å². The molecule has 0 spiro atoms. The molecule has 0 saturated heterocycles. The number of aryl methyl sites for hydroxylation is 3. The van der Waals surface area contributed by atoms with E-state index < -0.39 is 0 Å². The number of pyridine rings is 1. The lowest BCUT2D eigenvalue weighted by Crippen LogP contribution is -2.31. The zero-order valence-electron chi connectivity index (χ0n) is 15.2. The second kappa shape index (κ2) is 6.09. The average Bonchev–Trinajstić information content (AvgIpc) is 3.08. The molecule has 5 heteroatoms. The van der Waals surface area contributed by atoms with Crippen molar-refractivity contribution in [1.82, 2.24) is 19.7 Å². The number of aromatic nitrogens is 3. The molecule has 0 unspecified atom stereocenters. The third-order valence-corrected chi connectivity index (χ3v) is 5.95. The lowest BCUT2D eigenvalue weighted by Gasteiger charge is -2.28. The third kappa shape index (κ3) is 2.42. The van der Waals surface area contributed by atoms with Crippen LogP contribution in [0.1, 0.15) is 41.4 Å². The summed E-state index contributed by atoms with van der Waals surface area (Å²) in [5.41, 5.74) is 7.62. The number of H-pyrrole nitrogens is 1. The molecule has 26 heavy (non-hydrogen) atoms. The van der Waals surface area contributed by atoms with E-state index in [-0.39, 0.29) is 5.56 Å². The molecular formula is C21H24N4O. The molecule has 0 bridgehead atoms. The molecule has 1 N–H and O–H groups in total. The number of para-hydroxylation sites is 1. The summed E-state index contributed by atoms with van der Waals surface area (Å²) in [6.07, 6.45) is 4.09. The van der Waals surface area contributed by atoms with E-state index in [9.17, 15) is 4.79 Å². The highest BCUT2D eigenvalue weighted by Gasteiger charge is 2.23. The van der Waals surface area contributed by atoms with Crippen LogP contribution in [0.15, 0.2) is 29.1 Å². The van der Waals surface area contributed by atoms with Gasteiger partial charge in [-0.05, 0) is 30.4 Å². The monoisotopic (exact) mass is 348 g/mol. The number of hydrogen-bond acceptors (Lipinski definition) is 3. The fourth-order valence-electron chi connectivity index (χ4n) is 4.64. The van der Waals surface area contributed by atoms with E-state index in [1.54, 1.807) is 0 Å². The Morgan fingerprint density at radius 1 is 1.23 bits per heavy atom. The van der Waals surface area contributed by atoms with E-state index in [1.807, 2.05) is 10.6 Å². The predicted molar refractivity (Wildman–Crippen MR) is 102 cm³/mol. The van der Waals surface area contributed by atoms with Crippen molar-refractivity contribution in [1.29, 1.82) is 0 Å². The molecular weight excluding hydrogens is 324 g/mol. The Morgan fingerprint density at radius 2 is 2.15 bits per heavy atom. The molecule has 134 valence electrons. The highest BCUT2D eigenvalue weighted by atomic mass is 16.1. The van der Waals surface area contributed by atoms with Gasteiger partial charge in [-0.3, -0.25) is 14.8 Å². The van der Waals surface area contributed by atoms with Crippen LogP contribution in [-0.2, 0) is 38.9 Å². The summed E-state index contributed by atoms with van der Waals surface area (Å²) < 4.78 is 1.97. The minimum absolute atomic E-state index is 0.148. The number of rotatable bonds is 3. The van der Waals surface area contributed by atoms with Gasteiger partial charge in [0.05, 0.1) is 11.2 Å². The Morgan fingerprint density at radius 3 is 3.04 bits per heavy atom. The second-order valence-electron chi connectivity index (χ2n) is 7.52. The van der Waals surface area contributed by atoms with Crippen molar-refractivity contribution in [2.45, 2.75) is 52.2 Å². The minimum Gasteiger partial charge on any atom is -0.308 e. The Kier molecular flexibility index (Phi) is 3.71. The van der Waals surface area contributed by atoms with Crippen molar-refractivity contribution >= 4 is 10.9 Å². The van der Waals surface area contributed by atoms with Crippen LogP contribution >= 0.6 is 0 Å². The van der Waals surface area contributed by atoms with Crippen LogP contribution in [0.4, 0.5) is 0 Å². The van der Waals surface area contributed by atoms with Crippen molar-refractivity contribution in [3.8, 4) is 0 Å². The number of fused-ring (bicyclic) bond motifs is 1. The van der Waals surface area contributed by atoms with E-state index in [1.165, 1.54) is 27.9 Å². The molecule has 1 aromatic carbocycles. The summed E-state index contributed by atoms with van der Waals surface area (Å²) in [6.45, 7) is 5.74. The smallest absolute Gasteiger partial charge is 0.251 e. The zero-order valence-corrected chi connectivity index (χ0v) is 15.2. The van der Waals surface area contributed by atoms with E-state index in [4.69, 9.17) is 0 Å². The van der Waals surface area contributed by atoms with Crippen LogP contribution in [-0.4, -0.2) is 26.2 Å². The van der Waals surface area contributed by atoms with Gasteiger partial charge in [-0.15, -0.1) is 0 Å². The van der Waals surface area contributed by atoms with Crippen LogP contribution in [0.5, 0.6) is 0 Å². The van der Waals surface area contributed by atoms with Crippen LogP contribution in [0.2, 0.25) is 0 Å². The van der Waals surface area contributed by atoms with E-state index >= 15 is 0 Å². The maximum absolute atomic E-state index is 12.7. The van der Waals surface area contributed by atoms with Crippen molar-refractivity contribution in [3.05, 3.63) is 62.7 Å². The van der Waals surface area contributed by atoms with Gasteiger partial charge in [-0.2, -0.15) is 5.10 Å². The summed E-state index contributed by atoms with van der Waals surface area (Å²) in [7, 11) is 0. The van der Waals surface area contributed by atoms with Crippen LogP contribution in [0.25, 0.3) is 10.9 Å². The SMILES string of the molecule is CCc1n[nH]c2c1CN(Cc1cc(=O)n3c4c(cccc14)CCC3)CC2. The molecule has 0 atom stereocenters. The first kappa shape index (κ1) is 15.8. The Labute approximate surface area is 152 Å². The molecule has 2 aliphatic heterocycles. The van der Waals surface area contributed by atoms with Crippen LogP contribution < -0.4 is 5.56 Å². The van der Waals surface area contributed by atoms with Gasteiger partial charge < -0.3 is 4.57 Å². The molecule has 3 aromatic rings. The summed E-state index contributed by atoms with van der Waals surface area (Å²) >= 11 is 0. The van der Waals surface area contributed by atoms with Crippen molar-refractivity contribution in [2.24, 2.45) is 0 Å². The van der Waals surface area contributed by atoms with E-state index in [2.05, 4.69) is 40.2 Å². The van der Waals surface area contributed by atoms with E-state index in [0.717, 1.165) is 62.9 Å². The number of benzene rings is 1. The standard InChI is InChI=1S/C21H24N4O/c1-2-18-17-13-24(10-8-19(17)23-22-18)12-15-11-20(26)25-9-4-6-14-5-3-7-16(15)21(14)25/h3,5,7,11H,2,4,6,8-10,12-13H2,1H3,(H,22,23). The predicted octanol–water partition coefficient (Wildman–Crippen LogP) is 2.79. The van der Waals surface area contributed by atoms with Gasteiger partial charge in [-0.1, -0.05) is 25.1 Å². The molecule has 0 saturated carbocycles. The fraction of sp³-hybridized carbons (Fsp3) is 0.429. The average molecular weight is 348 g/mol. The first-order valence-corrected chi connectivity index (χ1v) is 9.66. The molecule has 0 fully saturated rings.